The first-order valence-corrected chi connectivity index (χ1v) is 5.14. The molecule has 0 fully saturated rings. The molecule has 1 rings (SSSR count). The Hall–Kier alpha value is -1.55. The third-order valence-corrected chi connectivity index (χ3v) is 2.82. The van der Waals surface area contributed by atoms with Gasteiger partial charge in [-0.2, -0.15) is 0 Å². The van der Waals surface area contributed by atoms with Gasteiger partial charge in [-0.25, -0.2) is 5.84 Å². The van der Waals surface area contributed by atoms with Crippen LogP contribution in [-0.2, 0) is 11.2 Å². The number of ether oxygens (including phenoxy) is 1. The number of hydrogen-bond donors (Lipinski definition) is 2. The highest BCUT2D eigenvalue weighted by molar-refractivity contribution is 5.79. The van der Waals surface area contributed by atoms with Crippen molar-refractivity contribution in [3.63, 3.8) is 0 Å². The SMILES string of the molecule is COc1c(C)c(C)cc(C)c1CC(=O)NN. The lowest BCUT2D eigenvalue weighted by Crippen LogP contribution is -2.31. The summed E-state index contributed by atoms with van der Waals surface area (Å²) in [6.45, 7) is 5.98. The molecule has 4 nitrogen and oxygen atoms in total. The summed E-state index contributed by atoms with van der Waals surface area (Å²) >= 11 is 0. The molecule has 0 aliphatic carbocycles. The summed E-state index contributed by atoms with van der Waals surface area (Å²) in [5.41, 5.74) is 6.29. The van der Waals surface area contributed by atoms with Gasteiger partial charge >= 0.3 is 0 Å². The van der Waals surface area contributed by atoms with E-state index >= 15 is 0 Å². The molecule has 0 saturated heterocycles. The molecule has 1 aromatic rings. The smallest absolute Gasteiger partial charge is 0.238 e. The summed E-state index contributed by atoms with van der Waals surface area (Å²) in [5.74, 6) is 5.65. The first-order valence-electron chi connectivity index (χ1n) is 5.14. The van der Waals surface area contributed by atoms with Gasteiger partial charge in [0, 0.05) is 5.56 Å². The molecule has 16 heavy (non-hydrogen) atoms. The van der Waals surface area contributed by atoms with Crippen LogP contribution in [-0.4, -0.2) is 13.0 Å². The second kappa shape index (κ2) is 4.99. The van der Waals surface area contributed by atoms with Gasteiger partial charge in [-0.05, 0) is 37.5 Å². The third kappa shape index (κ3) is 2.33. The summed E-state index contributed by atoms with van der Waals surface area (Å²) in [6, 6.07) is 2.05. The van der Waals surface area contributed by atoms with E-state index in [-0.39, 0.29) is 12.3 Å². The van der Waals surface area contributed by atoms with Crippen LogP contribution in [0.3, 0.4) is 0 Å². The average Bonchev–Trinajstić information content (AvgIpc) is 2.26. The molecule has 0 radical (unpaired) electrons. The molecule has 1 amide bonds. The minimum Gasteiger partial charge on any atom is -0.496 e. The van der Waals surface area contributed by atoms with Crippen LogP contribution in [0.1, 0.15) is 22.3 Å². The Labute approximate surface area is 95.8 Å². The number of carbonyl (C=O) groups excluding carboxylic acids is 1. The molecule has 0 atom stereocenters. The quantitative estimate of drug-likeness (QED) is 0.458. The van der Waals surface area contributed by atoms with Gasteiger partial charge in [-0.1, -0.05) is 6.07 Å². The fourth-order valence-corrected chi connectivity index (χ4v) is 1.81. The maximum absolute atomic E-state index is 11.3. The number of benzene rings is 1. The zero-order valence-corrected chi connectivity index (χ0v) is 10.2. The van der Waals surface area contributed by atoms with Crippen molar-refractivity contribution in [3.05, 3.63) is 28.3 Å². The van der Waals surface area contributed by atoms with Gasteiger partial charge in [0.05, 0.1) is 13.5 Å². The maximum atomic E-state index is 11.3. The molecule has 3 N–H and O–H groups in total. The van der Waals surface area contributed by atoms with E-state index in [9.17, 15) is 4.79 Å². The van der Waals surface area contributed by atoms with Crippen LogP contribution >= 0.6 is 0 Å². The second-order valence-corrected chi connectivity index (χ2v) is 3.89. The van der Waals surface area contributed by atoms with Crippen LogP contribution in [0, 0.1) is 20.8 Å². The lowest BCUT2D eigenvalue weighted by Gasteiger charge is -2.16. The van der Waals surface area contributed by atoms with Crippen LogP contribution < -0.4 is 16.0 Å². The molecule has 0 bridgehead atoms. The van der Waals surface area contributed by atoms with E-state index in [0.717, 1.165) is 28.0 Å². The molecular formula is C12H18N2O2. The average molecular weight is 222 g/mol. The van der Waals surface area contributed by atoms with Gasteiger partial charge in [-0.3, -0.25) is 10.2 Å². The highest BCUT2D eigenvalue weighted by Crippen LogP contribution is 2.29. The van der Waals surface area contributed by atoms with E-state index in [1.807, 2.05) is 20.8 Å². The molecular weight excluding hydrogens is 204 g/mol. The first-order chi connectivity index (χ1) is 7.51. The molecule has 0 unspecified atom stereocenters. The number of hydrogen-bond acceptors (Lipinski definition) is 3. The summed E-state index contributed by atoms with van der Waals surface area (Å²) in [6.07, 6.45) is 0.243. The lowest BCUT2D eigenvalue weighted by atomic mass is 9.97. The summed E-state index contributed by atoms with van der Waals surface area (Å²) < 4.78 is 5.36. The van der Waals surface area contributed by atoms with Crippen molar-refractivity contribution in [3.8, 4) is 5.75 Å². The predicted octanol–water partition coefficient (Wildman–Crippen LogP) is 1.15. The summed E-state index contributed by atoms with van der Waals surface area (Å²) in [4.78, 5) is 11.3. The highest BCUT2D eigenvalue weighted by atomic mass is 16.5. The van der Waals surface area contributed by atoms with Crippen LogP contribution in [0.2, 0.25) is 0 Å². The molecule has 88 valence electrons. The fraction of sp³-hybridized carbons (Fsp3) is 0.417. The minimum absolute atomic E-state index is 0.218. The monoisotopic (exact) mass is 222 g/mol. The first kappa shape index (κ1) is 12.5. The Morgan fingerprint density at radius 1 is 1.38 bits per heavy atom. The minimum atomic E-state index is -0.218. The lowest BCUT2D eigenvalue weighted by molar-refractivity contribution is -0.120. The van der Waals surface area contributed by atoms with E-state index in [1.165, 1.54) is 0 Å². The fourth-order valence-electron chi connectivity index (χ4n) is 1.81. The molecule has 0 aliphatic heterocycles. The van der Waals surface area contributed by atoms with E-state index in [2.05, 4.69) is 11.5 Å². The number of methoxy groups -OCH3 is 1. The van der Waals surface area contributed by atoms with E-state index in [1.54, 1.807) is 7.11 Å². The topological polar surface area (TPSA) is 64.3 Å². The zero-order valence-electron chi connectivity index (χ0n) is 10.2. The van der Waals surface area contributed by atoms with Crippen molar-refractivity contribution in [2.24, 2.45) is 5.84 Å². The molecule has 0 aromatic heterocycles. The van der Waals surface area contributed by atoms with Gasteiger partial charge in [0.25, 0.3) is 0 Å². The van der Waals surface area contributed by atoms with Gasteiger partial charge < -0.3 is 4.74 Å². The van der Waals surface area contributed by atoms with Crippen molar-refractivity contribution in [2.45, 2.75) is 27.2 Å². The van der Waals surface area contributed by atoms with Crippen molar-refractivity contribution in [1.82, 2.24) is 5.43 Å². The van der Waals surface area contributed by atoms with Gasteiger partial charge in [0.2, 0.25) is 5.91 Å². The highest BCUT2D eigenvalue weighted by Gasteiger charge is 2.14. The van der Waals surface area contributed by atoms with E-state index in [4.69, 9.17) is 10.6 Å². The maximum Gasteiger partial charge on any atom is 0.238 e. The Morgan fingerprint density at radius 2 is 2.00 bits per heavy atom. The van der Waals surface area contributed by atoms with Crippen molar-refractivity contribution >= 4 is 5.91 Å². The molecule has 0 aliphatic rings. The molecule has 1 aromatic carbocycles. The van der Waals surface area contributed by atoms with Gasteiger partial charge in [-0.15, -0.1) is 0 Å². The number of hydrazine groups is 1. The predicted molar refractivity (Wildman–Crippen MR) is 63.2 cm³/mol. The zero-order chi connectivity index (χ0) is 12.3. The van der Waals surface area contributed by atoms with Crippen LogP contribution in [0.15, 0.2) is 6.07 Å². The number of amides is 1. The Balaban J connectivity index is 3.25. The van der Waals surface area contributed by atoms with Crippen LogP contribution in [0.25, 0.3) is 0 Å². The largest absolute Gasteiger partial charge is 0.496 e. The molecule has 0 spiro atoms. The molecule has 4 heteroatoms. The van der Waals surface area contributed by atoms with Crippen LogP contribution in [0.5, 0.6) is 5.75 Å². The number of nitrogens with two attached hydrogens (primary N) is 1. The Bertz CT molecular complexity index is 414. The summed E-state index contributed by atoms with van der Waals surface area (Å²) in [5, 5.41) is 0. The van der Waals surface area contributed by atoms with E-state index < -0.39 is 0 Å². The van der Waals surface area contributed by atoms with Crippen molar-refractivity contribution in [2.75, 3.05) is 7.11 Å². The second-order valence-electron chi connectivity index (χ2n) is 3.89. The van der Waals surface area contributed by atoms with Crippen molar-refractivity contribution in [1.29, 1.82) is 0 Å². The van der Waals surface area contributed by atoms with Gasteiger partial charge in [0.1, 0.15) is 5.75 Å². The third-order valence-electron chi connectivity index (χ3n) is 2.82. The molecule has 0 saturated carbocycles. The Morgan fingerprint density at radius 3 is 2.50 bits per heavy atom. The van der Waals surface area contributed by atoms with Crippen molar-refractivity contribution < 1.29 is 9.53 Å². The number of carbonyl (C=O) groups is 1. The molecule has 0 heterocycles. The Kier molecular flexibility index (Phi) is 3.90. The number of aryl methyl sites for hydroxylation is 2. The number of nitrogens with one attached hydrogen (secondary N) is 1. The van der Waals surface area contributed by atoms with Crippen LogP contribution in [0.4, 0.5) is 0 Å². The van der Waals surface area contributed by atoms with E-state index in [0.29, 0.717) is 0 Å². The number of rotatable bonds is 3. The van der Waals surface area contributed by atoms with Gasteiger partial charge in [0.15, 0.2) is 0 Å². The normalized spacial score (nSPS) is 10.1. The summed E-state index contributed by atoms with van der Waals surface area (Å²) in [7, 11) is 1.62. The standard InChI is InChI=1S/C12H18N2O2/c1-7-5-8(2)10(6-11(15)14-13)12(16-4)9(7)3/h5H,6,13H2,1-4H3,(H,14,15).